The zero-order valence-electron chi connectivity index (χ0n) is 13.2. The Morgan fingerprint density at radius 3 is 2.60 bits per heavy atom. The van der Waals surface area contributed by atoms with E-state index in [4.69, 9.17) is 5.73 Å². The summed E-state index contributed by atoms with van der Waals surface area (Å²) in [5.74, 6) is 0. The van der Waals surface area contributed by atoms with E-state index in [0.29, 0.717) is 12.6 Å². The van der Waals surface area contributed by atoms with Crippen LogP contribution in [0.1, 0.15) is 25.8 Å². The Morgan fingerprint density at radius 1 is 1.25 bits per heavy atom. The molecule has 1 fully saturated rings. The molecule has 3 heteroatoms. The number of benzene rings is 1. The molecule has 2 atom stereocenters. The number of hydrogen-bond acceptors (Lipinski definition) is 3. The van der Waals surface area contributed by atoms with Gasteiger partial charge in [-0.05, 0) is 39.0 Å². The van der Waals surface area contributed by atoms with E-state index in [0.717, 1.165) is 13.1 Å². The van der Waals surface area contributed by atoms with Gasteiger partial charge in [-0.3, -0.25) is 4.90 Å². The maximum Gasteiger partial charge on any atom is 0.0195 e. The number of nitrogens with two attached hydrogens (primary N) is 1. The molecule has 2 unspecified atom stereocenters. The van der Waals surface area contributed by atoms with E-state index in [2.05, 4.69) is 61.0 Å². The van der Waals surface area contributed by atoms with Crippen molar-refractivity contribution >= 4 is 0 Å². The summed E-state index contributed by atoms with van der Waals surface area (Å²) in [4.78, 5) is 5.05. The van der Waals surface area contributed by atoms with Gasteiger partial charge in [0, 0.05) is 31.1 Å². The second-order valence-corrected chi connectivity index (χ2v) is 6.57. The van der Waals surface area contributed by atoms with E-state index in [9.17, 15) is 0 Å². The lowest BCUT2D eigenvalue weighted by Crippen LogP contribution is -2.48. The van der Waals surface area contributed by atoms with E-state index in [1.807, 2.05) is 0 Å². The van der Waals surface area contributed by atoms with Gasteiger partial charge >= 0.3 is 0 Å². The number of hydrogen-bond donors (Lipinski definition) is 1. The topological polar surface area (TPSA) is 32.5 Å². The molecule has 20 heavy (non-hydrogen) atoms. The zero-order chi connectivity index (χ0) is 14.6. The first kappa shape index (κ1) is 15.5. The molecular formula is C17H29N3. The fourth-order valence-electron chi connectivity index (χ4n) is 3.22. The second-order valence-electron chi connectivity index (χ2n) is 6.57. The third-order valence-corrected chi connectivity index (χ3v) is 4.66. The third kappa shape index (κ3) is 3.60. The fourth-order valence-corrected chi connectivity index (χ4v) is 3.22. The summed E-state index contributed by atoms with van der Waals surface area (Å²) in [7, 11) is 2.22. The van der Waals surface area contributed by atoms with Crippen molar-refractivity contribution in [2.45, 2.75) is 31.7 Å². The average Bonchev–Trinajstić information content (AvgIpc) is 2.61. The Morgan fingerprint density at radius 2 is 1.95 bits per heavy atom. The van der Waals surface area contributed by atoms with Gasteiger partial charge in [0.15, 0.2) is 0 Å². The number of likely N-dealkylation sites (N-methyl/N-ethyl adjacent to an activating group) is 1. The van der Waals surface area contributed by atoms with Crippen molar-refractivity contribution in [2.75, 3.05) is 39.8 Å². The largest absolute Gasteiger partial charge is 0.330 e. The van der Waals surface area contributed by atoms with Crippen LogP contribution >= 0.6 is 0 Å². The van der Waals surface area contributed by atoms with Crippen LogP contribution in [0.25, 0.3) is 0 Å². The molecule has 1 aliphatic rings. The van der Waals surface area contributed by atoms with E-state index in [-0.39, 0.29) is 5.41 Å². The first-order valence-electron chi connectivity index (χ1n) is 7.73. The van der Waals surface area contributed by atoms with Gasteiger partial charge in [-0.1, -0.05) is 37.3 Å². The van der Waals surface area contributed by atoms with Crippen LogP contribution in [-0.2, 0) is 5.41 Å². The SMILES string of the molecule is CC1CN(C)CCCN1CC(C)(CN)c1ccccc1. The van der Waals surface area contributed by atoms with Crippen LogP contribution in [0.4, 0.5) is 0 Å². The lowest BCUT2D eigenvalue weighted by Gasteiger charge is -2.37. The highest BCUT2D eigenvalue weighted by Gasteiger charge is 2.30. The molecule has 1 saturated heterocycles. The predicted octanol–water partition coefficient (Wildman–Crippen LogP) is 1.93. The minimum absolute atomic E-state index is 0.0401. The van der Waals surface area contributed by atoms with Crippen molar-refractivity contribution in [3.05, 3.63) is 35.9 Å². The van der Waals surface area contributed by atoms with Crippen LogP contribution in [0, 0.1) is 0 Å². The first-order chi connectivity index (χ1) is 9.55. The molecule has 0 bridgehead atoms. The fraction of sp³-hybridized carbons (Fsp3) is 0.647. The predicted molar refractivity (Wildman–Crippen MR) is 86.0 cm³/mol. The van der Waals surface area contributed by atoms with Gasteiger partial charge in [0.1, 0.15) is 0 Å². The van der Waals surface area contributed by atoms with Gasteiger partial charge in [-0.2, -0.15) is 0 Å². The normalized spacial score (nSPS) is 25.1. The molecule has 3 nitrogen and oxygen atoms in total. The molecule has 1 heterocycles. The van der Waals surface area contributed by atoms with Crippen LogP contribution in [0.15, 0.2) is 30.3 Å². The van der Waals surface area contributed by atoms with Crippen LogP contribution in [0.5, 0.6) is 0 Å². The lowest BCUT2D eigenvalue weighted by atomic mass is 9.81. The molecule has 2 rings (SSSR count). The molecule has 1 aromatic rings. The van der Waals surface area contributed by atoms with E-state index < -0.39 is 0 Å². The van der Waals surface area contributed by atoms with Crippen molar-refractivity contribution in [3.8, 4) is 0 Å². The Hall–Kier alpha value is -0.900. The smallest absolute Gasteiger partial charge is 0.0195 e. The van der Waals surface area contributed by atoms with Crippen molar-refractivity contribution < 1.29 is 0 Å². The van der Waals surface area contributed by atoms with Crippen molar-refractivity contribution in [1.29, 1.82) is 0 Å². The third-order valence-electron chi connectivity index (χ3n) is 4.66. The average molecular weight is 275 g/mol. The van der Waals surface area contributed by atoms with Gasteiger partial charge in [0.05, 0.1) is 0 Å². The molecule has 0 aliphatic carbocycles. The molecule has 0 spiro atoms. The molecule has 1 aliphatic heterocycles. The Kier molecular flexibility index (Phi) is 5.19. The van der Waals surface area contributed by atoms with Crippen molar-refractivity contribution in [1.82, 2.24) is 9.80 Å². The van der Waals surface area contributed by atoms with E-state index >= 15 is 0 Å². The van der Waals surface area contributed by atoms with Crippen molar-refractivity contribution in [2.24, 2.45) is 5.73 Å². The molecular weight excluding hydrogens is 246 g/mol. The molecule has 0 amide bonds. The Bertz CT molecular complexity index is 406. The van der Waals surface area contributed by atoms with Gasteiger partial charge in [-0.15, -0.1) is 0 Å². The monoisotopic (exact) mass is 275 g/mol. The van der Waals surface area contributed by atoms with Crippen LogP contribution in [-0.4, -0.2) is 55.6 Å². The summed E-state index contributed by atoms with van der Waals surface area (Å²) < 4.78 is 0. The zero-order valence-corrected chi connectivity index (χ0v) is 13.2. The van der Waals surface area contributed by atoms with Gasteiger partial charge in [0.2, 0.25) is 0 Å². The Balaban J connectivity index is 2.13. The van der Waals surface area contributed by atoms with Gasteiger partial charge in [0.25, 0.3) is 0 Å². The summed E-state index contributed by atoms with van der Waals surface area (Å²) in [6.07, 6.45) is 1.25. The van der Waals surface area contributed by atoms with Crippen molar-refractivity contribution in [3.63, 3.8) is 0 Å². The molecule has 0 aromatic heterocycles. The molecule has 0 saturated carbocycles. The summed E-state index contributed by atoms with van der Waals surface area (Å²) in [6.45, 7) is 9.89. The summed E-state index contributed by atoms with van der Waals surface area (Å²) in [5.41, 5.74) is 7.53. The van der Waals surface area contributed by atoms with Crippen LogP contribution < -0.4 is 5.73 Å². The quantitative estimate of drug-likeness (QED) is 0.911. The van der Waals surface area contributed by atoms with E-state index in [1.165, 1.54) is 25.1 Å². The second kappa shape index (κ2) is 6.70. The molecule has 112 valence electrons. The number of rotatable bonds is 4. The summed E-state index contributed by atoms with van der Waals surface area (Å²) >= 11 is 0. The summed E-state index contributed by atoms with van der Waals surface area (Å²) in [5, 5.41) is 0. The highest BCUT2D eigenvalue weighted by molar-refractivity contribution is 5.25. The Labute approximate surface area is 123 Å². The first-order valence-corrected chi connectivity index (χ1v) is 7.73. The summed E-state index contributed by atoms with van der Waals surface area (Å²) in [6, 6.07) is 11.3. The highest BCUT2D eigenvalue weighted by atomic mass is 15.2. The highest BCUT2D eigenvalue weighted by Crippen LogP contribution is 2.25. The maximum atomic E-state index is 6.13. The lowest BCUT2D eigenvalue weighted by molar-refractivity contribution is 0.165. The van der Waals surface area contributed by atoms with Crippen LogP contribution in [0.3, 0.4) is 0 Å². The molecule has 1 aromatic carbocycles. The minimum atomic E-state index is 0.0401. The van der Waals surface area contributed by atoms with Gasteiger partial charge in [-0.25, -0.2) is 0 Å². The number of nitrogens with zero attached hydrogens (tertiary/aromatic N) is 2. The van der Waals surface area contributed by atoms with Gasteiger partial charge < -0.3 is 10.6 Å². The molecule has 0 radical (unpaired) electrons. The standard InChI is InChI=1S/C17H29N3/c1-15-12-19(3)10-7-11-20(15)14-17(2,13-18)16-8-5-4-6-9-16/h4-6,8-9,15H,7,10-14,18H2,1-3H3. The van der Waals surface area contributed by atoms with Crippen LogP contribution in [0.2, 0.25) is 0 Å². The maximum absolute atomic E-state index is 6.13. The van der Waals surface area contributed by atoms with E-state index in [1.54, 1.807) is 0 Å². The minimum Gasteiger partial charge on any atom is -0.330 e. The molecule has 2 N–H and O–H groups in total.